The van der Waals surface area contributed by atoms with Crippen molar-refractivity contribution in [1.82, 2.24) is 10.2 Å². The molecule has 10 heteroatoms. The van der Waals surface area contributed by atoms with Gasteiger partial charge in [0, 0.05) is 17.0 Å². The highest BCUT2D eigenvalue weighted by atomic mass is 35.5. The smallest absolute Gasteiger partial charge is 0.244 e. The minimum atomic E-state index is -3.93. The summed E-state index contributed by atoms with van der Waals surface area (Å²) in [5.41, 5.74) is -1.72. The van der Waals surface area contributed by atoms with Gasteiger partial charge in [-0.3, -0.25) is 9.59 Å². The molecule has 0 radical (unpaired) electrons. The zero-order chi connectivity index (χ0) is 22.5. The molecule has 0 aromatic heterocycles. The highest BCUT2D eigenvalue weighted by Crippen LogP contribution is 2.37. The lowest BCUT2D eigenvalue weighted by Crippen LogP contribution is -2.51. The van der Waals surface area contributed by atoms with Crippen LogP contribution in [-0.4, -0.2) is 48.5 Å². The summed E-state index contributed by atoms with van der Waals surface area (Å²) in [6, 6.07) is 5.21. The van der Waals surface area contributed by atoms with E-state index in [1.54, 1.807) is 20.8 Å². The second-order valence-electron chi connectivity index (χ2n) is 8.88. The number of nitrogens with one attached hydrogen (secondary N) is 1. The molecule has 30 heavy (non-hydrogen) atoms. The second kappa shape index (κ2) is 7.70. The van der Waals surface area contributed by atoms with Crippen molar-refractivity contribution in [3.05, 3.63) is 28.2 Å². The first-order valence-electron chi connectivity index (χ1n) is 9.54. The van der Waals surface area contributed by atoms with Crippen LogP contribution in [-0.2, 0) is 19.4 Å². The number of halogens is 2. The van der Waals surface area contributed by atoms with Crippen molar-refractivity contribution in [3.8, 4) is 6.07 Å². The van der Waals surface area contributed by atoms with Gasteiger partial charge in [-0.05, 0) is 37.5 Å². The number of nitriles is 1. The summed E-state index contributed by atoms with van der Waals surface area (Å²) in [6.07, 6.45) is 1.00. The van der Waals surface area contributed by atoms with Gasteiger partial charge in [0.15, 0.2) is 9.84 Å². The highest BCUT2D eigenvalue weighted by molar-refractivity contribution is 7.92. The average molecular weight is 472 g/mol. The van der Waals surface area contributed by atoms with Crippen LogP contribution in [0.4, 0.5) is 0 Å². The Labute approximate surface area is 186 Å². The number of hydrogen-bond donors (Lipinski definition) is 1. The van der Waals surface area contributed by atoms with E-state index in [0.29, 0.717) is 17.9 Å². The third kappa shape index (κ3) is 4.29. The Bertz CT molecular complexity index is 1040. The quantitative estimate of drug-likeness (QED) is 0.725. The van der Waals surface area contributed by atoms with Gasteiger partial charge in [0.2, 0.25) is 11.8 Å². The lowest BCUT2D eigenvalue weighted by molar-refractivity contribution is -0.144. The summed E-state index contributed by atoms with van der Waals surface area (Å²) in [5, 5.41) is 11.3. The monoisotopic (exact) mass is 471 g/mol. The fourth-order valence-electron chi connectivity index (χ4n) is 3.52. The Balaban J connectivity index is 1.93. The summed E-state index contributed by atoms with van der Waals surface area (Å²) in [7, 11) is -3.93. The first-order valence-corrected chi connectivity index (χ1v) is 11.8. The molecule has 7 nitrogen and oxygen atoms in total. The Kier molecular flexibility index (Phi) is 5.87. The standard InChI is InChI=1S/C20H23Cl2N3O4S/c1-19(2,3)18(27)25-10-13(9-15(25)17(26)24-20(11-23)6-7-20)30(28,29)16-5-4-12(21)8-14(16)22/h4-5,8,13,15H,6-7,9-10H2,1-3H3,(H,24,26)/t13-,15+/m1/s1. The highest BCUT2D eigenvalue weighted by Gasteiger charge is 2.51. The maximum Gasteiger partial charge on any atom is 0.244 e. The molecule has 162 valence electrons. The molecule has 1 aromatic carbocycles. The second-order valence-corrected chi connectivity index (χ2v) is 11.9. The van der Waals surface area contributed by atoms with E-state index in [1.165, 1.54) is 23.1 Å². The molecule has 1 aliphatic carbocycles. The molecule has 0 bridgehead atoms. The van der Waals surface area contributed by atoms with Crippen molar-refractivity contribution < 1.29 is 18.0 Å². The van der Waals surface area contributed by atoms with Gasteiger partial charge in [0.1, 0.15) is 11.6 Å². The van der Waals surface area contributed by atoms with Crippen molar-refractivity contribution in [2.45, 2.75) is 61.8 Å². The van der Waals surface area contributed by atoms with Crippen molar-refractivity contribution in [1.29, 1.82) is 5.26 Å². The number of sulfone groups is 1. The van der Waals surface area contributed by atoms with E-state index in [2.05, 4.69) is 11.4 Å². The lowest BCUT2D eigenvalue weighted by atomic mass is 9.94. The fourth-order valence-corrected chi connectivity index (χ4v) is 5.99. The molecule has 1 heterocycles. The van der Waals surface area contributed by atoms with Gasteiger partial charge in [-0.2, -0.15) is 5.26 Å². The van der Waals surface area contributed by atoms with E-state index in [4.69, 9.17) is 23.2 Å². The van der Waals surface area contributed by atoms with E-state index in [9.17, 15) is 23.3 Å². The molecule has 2 aliphatic rings. The zero-order valence-corrected chi connectivity index (χ0v) is 19.2. The summed E-state index contributed by atoms with van der Waals surface area (Å²) in [4.78, 5) is 27.2. The van der Waals surface area contributed by atoms with E-state index in [-0.39, 0.29) is 28.8 Å². The van der Waals surface area contributed by atoms with Gasteiger partial charge < -0.3 is 10.2 Å². The number of hydrogen-bond acceptors (Lipinski definition) is 5. The van der Waals surface area contributed by atoms with E-state index in [1.807, 2.05) is 0 Å². The number of amides is 2. The first kappa shape index (κ1) is 22.9. The number of likely N-dealkylation sites (tertiary alicyclic amines) is 1. The molecule has 2 fully saturated rings. The molecule has 2 atom stereocenters. The molecule has 3 rings (SSSR count). The van der Waals surface area contributed by atoms with Crippen molar-refractivity contribution in [2.24, 2.45) is 5.41 Å². The van der Waals surface area contributed by atoms with Crippen LogP contribution in [0.1, 0.15) is 40.0 Å². The minimum absolute atomic E-state index is 0.00878. The van der Waals surface area contributed by atoms with Gasteiger partial charge in [-0.1, -0.05) is 44.0 Å². The van der Waals surface area contributed by atoms with Gasteiger partial charge in [0.25, 0.3) is 0 Å². The van der Waals surface area contributed by atoms with Gasteiger partial charge in [-0.25, -0.2) is 8.42 Å². The maximum atomic E-state index is 13.3. The molecular weight excluding hydrogens is 449 g/mol. The molecule has 0 unspecified atom stereocenters. The third-order valence-corrected chi connectivity index (χ3v) is 8.28. The predicted molar refractivity (Wildman–Crippen MR) is 113 cm³/mol. The van der Waals surface area contributed by atoms with Crippen LogP contribution in [0.5, 0.6) is 0 Å². The molecule has 1 N–H and O–H groups in total. The fraction of sp³-hybridized carbons (Fsp3) is 0.550. The topological polar surface area (TPSA) is 107 Å². The minimum Gasteiger partial charge on any atom is -0.336 e. The van der Waals surface area contributed by atoms with Crippen LogP contribution in [0.15, 0.2) is 23.1 Å². The number of carbonyl (C=O) groups is 2. The van der Waals surface area contributed by atoms with Gasteiger partial charge >= 0.3 is 0 Å². The molecule has 0 spiro atoms. The molecule has 1 aliphatic heterocycles. The van der Waals surface area contributed by atoms with Crippen LogP contribution in [0.2, 0.25) is 10.0 Å². The maximum absolute atomic E-state index is 13.3. The number of rotatable bonds is 4. The van der Waals surface area contributed by atoms with Crippen LogP contribution in [0.3, 0.4) is 0 Å². The third-order valence-electron chi connectivity index (χ3n) is 5.43. The Morgan fingerprint density at radius 1 is 1.27 bits per heavy atom. The molecule has 2 amide bonds. The SMILES string of the molecule is CC(C)(C)C(=O)N1C[C@H](S(=O)(=O)c2ccc(Cl)cc2Cl)C[C@H]1C(=O)NC1(C#N)CC1. The normalized spacial score (nSPS) is 23.0. The predicted octanol–water partition coefficient (Wildman–Crippen LogP) is 2.96. The number of carbonyl (C=O) groups excluding carboxylic acids is 2. The van der Waals surface area contributed by atoms with Crippen molar-refractivity contribution >= 4 is 44.9 Å². The molecule has 1 saturated carbocycles. The number of nitrogens with zero attached hydrogens (tertiary/aromatic N) is 2. The molecule has 1 saturated heterocycles. The van der Waals surface area contributed by atoms with Crippen LogP contribution in [0, 0.1) is 16.7 Å². The summed E-state index contributed by atoms with van der Waals surface area (Å²) < 4.78 is 26.5. The summed E-state index contributed by atoms with van der Waals surface area (Å²) in [6.45, 7) is 4.99. The van der Waals surface area contributed by atoms with Gasteiger partial charge in [0.05, 0.1) is 21.2 Å². The average Bonchev–Trinajstić information content (AvgIpc) is 3.25. The van der Waals surface area contributed by atoms with Crippen molar-refractivity contribution in [3.63, 3.8) is 0 Å². The zero-order valence-electron chi connectivity index (χ0n) is 16.9. The molecule has 1 aromatic rings. The van der Waals surface area contributed by atoms with Crippen molar-refractivity contribution in [2.75, 3.05) is 6.54 Å². The Morgan fingerprint density at radius 3 is 2.40 bits per heavy atom. The van der Waals surface area contributed by atoms with E-state index >= 15 is 0 Å². The van der Waals surface area contributed by atoms with Crippen LogP contribution in [0.25, 0.3) is 0 Å². The van der Waals surface area contributed by atoms with E-state index < -0.39 is 38.0 Å². The van der Waals surface area contributed by atoms with Crippen LogP contribution >= 0.6 is 23.2 Å². The summed E-state index contributed by atoms with van der Waals surface area (Å²) in [5.74, 6) is -0.837. The number of benzene rings is 1. The lowest BCUT2D eigenvalue weighted by Gasteiger charge is -2.30. The largest absolute Gasteiger partial charge is 0.336 e. The first-order chi connectivity index (χ1) is 13.8. The Morgan fingerprint density at radius 2 is 1.90 bits per heavy atom. The van der Waals surface area contributed by atoms with Gasteiger partial charge in [-0.15, -0.1) is 0 Å². The van der Waals surface area contributed by atoms with E-state index in [0.717, 1.165) is 0 Å². The Hall–Kier alpha value is -1.82. The summed E-state index contributed by atoms with van der Waals surface area (Å²) >= 11 is 12.0. The van der Waals surface area contributed by atoms with Crippen LogP contribution < -0.4 is 5.32 Å². The molecular formula is C20H23Cl2N3O4S.